The van der Waals surface area contributed by atoms with Gasteiger partial charge in [-0.15, -0.1) is 0 Å². The lowest BCUT2D eigenvalue weighted by Crippen LogP contribution is -2.38. The molecule has 0 amide bonds. The average Bonchev–Trinajstić information content (AvgIpc) is 3.32. The van der Waals surface area contributed by atoms with E-state index in [1.54, 1.807) is 0 Å². The zero-order chi connectivity index (χ0) is 18.1. The Morgan fingerprint density at radius 2 is 2.23 bits per heavy atom. The number of rotatable bonds is 6. The van der Waals surface area contributed by atoms with Crippen LogP contribution < -0.4 is 5.32 Å². The number of aryl methyl sites for hydroxylation is 3. The van der Waals surface area contributed by atoms with E-state index in [1.807, 2.05) is 23.9 Å². The Morgan fingerprint density at radius 1 is 1.38 bits per heavy atom. The normalized spacial score (nSPS) is 21.5. The summed E-state index contributed by atoms with van der Waals surface area (Å²) in [5.74, 6) is 0. The van der Waals surface area contributed by atoms with Crippen LogP contribution in [-0.2, 0) is 18.2 Å². The Morgan fingerprint density at radius 3 is 3.04 bits per heavy atom. The molecule has 1 fully saturated rings. The summed E-state index contributed by atoms with van der Waals surface area (Å²) in [6.45, 7) is 5.11. The zero-order valence-corrected chi connectivity index (χ0v) is 15.7. The van der Waals surface area contributed by atoms with Crippen LogP contribution in [0.25, 0.3) is 10.9 Å². The number of hydrogen-bond acceptors (Lipinski definition) is 4. The topological polar surface area (TPSA) is 67.8 Å². The number of ether oxygens (including phenoxy) is 1. The van der Waals surface area contributed by atoms with Crippen molar-refractivity contribution in [2.24, 2.45) is 7.05 Å². The molecule has 6 nitrogen and oxygen atoms in total. The van der Waals surface area contributed by atoms with Gasteiger partial charge in [0.05, 0.1) is 11.2 Å². The molecule has 1 aromatic carbocycles. The van der Waals surface area contributed by atoms with E-state index < -0.39 is 0 Å². The first-order valence-electron chi connectivity index (χ1n) is 9.41. The molecule has 0 spiro atoms. The highest BCUT2D eigenvalue weighted by Crippen LogP contribution is 2.31. The van der Waals surface area contributed by atoms with E-state index in [2.05, 4.69) is 52.8 Å². The molecule has 1 aliphatic rings. The molecule has 2 N–H and O–H groups in total. The second-order valence-corrected chi connectivity index (χ2v) is 7.36. The van der Waals surface area contributed by atoms with E-state index in [1.165, 1.54) is 16.6 Å². The molecule has 0 aliphatic carbocycles. The molecule has 26 heavy (non-hydrogen) atoms. The number of para-hydroxylation sites is 1. The lowest BCUT2D eigenvalue weighted by Gasteiger charge is -2.24. The van der Waals surface area contributed by atoms with Crippen LogP contribution in [0, 0.1) is 6.92 Å². The summed E-state index contributed by atoms with van der Waals surface area (Å²) in [5.41, 5.74) is 4.52. The smallest absolute Gasteiger partial charge is 0.101 e. The first-order valence-corrected chi connectivity index (χ1v) is 9.41. The number of aromatic nitrogens is 4. The molecule has 0 saturated carbocycles. The highest BCUT2D eigenvalue weighted by atomic mass is 16.5. The molecule has 1 saturated heterocycles. The maximum Gasteiger partial charge on any atom is 0.101 e. The van der Waals surface area contributed by atoms with Gasteiger partial charge in [-0.05, 0) is 39.2 Å². The number of H-pyrrole nitrogens is 1. The molecule has 6 heteroatoms. The minimum Gasteiger partial charge on any atom is -0.372 e. The summed E-state index contributed by atoms with van der Waals surface area (Å²) in [6, 6.07) is 9.03. The Labute approximate surface area is 153 Å². The highest BCUT2D eigenvalue weighted by Gasteiger charge is 2.32. The fraction of sp³-hybridized carbons (Fsp3) is 0.500. The maximum absolute atomic E-state index is 6.02. The second kappa shape index (κ2) is 7.21. The minimum absolute atomic E-state index is 0.0964. The van der Waals surface area contributed by atoms with Gasteiger partial charge in [-0.1, -0.05) is 18.2 Å². The molecule has 3 atom stereocenters. The number of aromatic amines is 1. The van der Waals surface area contributed by atoms with Gasteiger partial charge in [-0.25, -0.2) is 0 Å². The lowest BCUT2D eigenvalue weighted by atomic mass is 10.0. The van der Waals surface area contributed by atoms with Crippen molar-refractivity contribution in [2.75, 3.05) is 6.61 Å². The largest absolute Gasteiger partial charge is 0.372 e. The predicted octanol–water partition coefficient (Wildman–Crippen LogP) is 3.05. The van der Waals surface area contributed by atoms with Crippen LogP contribution in [0.3, 0.4) is 0 Å². The first kappa shape index (κ1) is 17.2. The third-order valence-corrected chi connectivity index (χ3v) is 5.32. The lowest BCUT2D eigenvalue weighted by molar-refractivity contribution is 0.0960. The van der Waals surface area contributed by atoms with Crippen LogP contribution in [0.4, 0.5) is 0 Å². The van der Waals surface area contributed by atoms with Gasteiger partial charge >= 0.3 is 0 Å². The van der Waals surface area contributed by atoms with Crippen LogP contribution in [0.1, 0.15) is 42.8 Å². The second-order valence-electron chi connectivity index (χ2n) is 7.36. The van der Waals surface area contributed by atoms with Gasteiger partial charge in [-0.3, -0.25) is 9.78 Å². The van der Waals surface area contributed by atoms with Crippen molar-refractivity contribution >= 4 is 10.9 Å². The number of benzene rings is 1. The minimum atomic E-state index is 0.0964. The van der Waals surface area contributed by atoms with Gasteiger partial charge in [-0.2, -0.15) is 10.2 Å². The summed E-state index contributed by atoms with van der Waals surface area (Å²) in [4.78, 5) is 0. The van der Waals surface area contributed by atoms with E-state index >= 15 is 0 Å². The third kappa shape index (κ3) is 3.39. The molecule has 1 unspecified atom stereocenters. The molecular formula is C20H27N5O. The number of fused-ring (bicyclic) bond motifs is 1. The van der Waals surface area contributed by atoms with Crippen molar-refractivity contribution < 1.29 is 4.74 Å². The molecule has 4 rings (SSSR count). The van der Waals surface area contributed by atoms with E-state index in [9.17, 15) is 0 Å². The molecule has 0 bridgehead atoms. The van der Waals surface area contributed by atoms with Crippen molar-refractivity contribution in [2.45, 2.75) is 51.3 Å². The Hall–Kier alpha value is -2.18. The fourth-order valence-electron chi connectivity index (χ4n) is 3.98. The Kier molecular flexibility index (Phi) is 4.78. The SMILES string of the molecule is Cc1nn(C)cc1[C@H]1OCC[C@@H]1NC(C)CCc1[nH]nc2ccccc12. The average molecular weight is 353 g/mol. The van der Waals surface area contributed by atoms with Gasteiger partial charge in [0.1, 0.15) is 6.10 Å². The van der Waals surface area contributed by atoms with Gasteiger partial charge < -0.3 is 10.1 Å². The summed E-state index contributed by atoms with van der Waals surface area (Å²) in [6.07, 6.45) is 5.26. The van der Waals surface area contributed by atoms with Crippen LogP contribution in [-0.4, -0.2) is 38.7 Å². The van der Waals surface area contributed by atoms with Gasteiger partial charge in [0.25, 0.3) is 0 Å². The van der Waals surface area contributed by atoms with E-state index in [0.29, 0.717) is 12.1 Å². The van der Waals surface area contributed by atoms with Crippen LogP contribution >= 0.6 is 0 Å². The summed E-state index contributed by atoms with van der Waals surface area (Å²) < 4.78 is 7.89. The molecule has 3 aromatic rings. The van der Waals surface area contributed by atoms with Crippen LogP contribution in [0.2, 0.25) is 0 Å². The fourth-order valence-corrected chi connectivity index (χ4v) is 3.98. The van der Waals surface area contributed by atoms with E-state index in [0.717, 1.165) is 37.1 Å². The quantitative estimate of drug-likeness (QED) is 0.715. The molecule has 2 aromatic heterocycles. The van der Waals surface area contributed by atoms with Crippen LogP contribution in [0.5, 0.6) is 0 Å². The zero-order valence-electron chi connectivity index (χ0n) is 15.7. The standard InChI is InChI=1S/C20H27N5O/c1-13(8-9-18-15-6-4-5-7-17(15)22-23-18)21-19-10-11-26-20(19)16-12-25(3)24-14(16)2/h4-7,12-13,19-21H,8-11H2,1-3H3,(H,22,23)/t13?,19-,20+/m0/s1. The van der Waals surface area contributed by atoms with Gasteiger partial charge in [0.15, 0.2) is 0 Å². The molecule has 1 aliphatic heterocycles. The maximum atomic E-state index is 6.02. The van der Waals surface area contributed by atoms with E-state index in [-0.39, 0.29) is 6.10 Å². The summed E-state index contributed by atoms with van der Waals surface area (Å²) in [5, 5.41) is 17.1. The van der Waals surface area contributed by atoms with E-state index in [4.69, 9.17) is 4.74 Å². The Bertz CT molecular complexity index is 883. The predicted molar refractivity (Wildman–Crippen MR) is 102 cm³/mol. The third-order valence-electron chi connectivity index (χ3n) is 5.32. The van der Waals surface area contributed by atoms with Crippen molar-refractivity contribution in [3.8, 4) is 0 Å². The van der Waals surface area contributed by atoms with Crippen molar-refractivity contribution in [1.82, 2.24) is 25.3 Å². The summed E-state index contributed by atoms with van der Waals surface area (Å²) >= 11 is 0. The van der Waals surface area contributed by atoms with Gasteiger partial charge in [0, 0.05) is 48.6 Å². The highest BCUT2D eigenvalue weighted by molar-refractivity contribution is 5.81. The number of nitrogens with zero attached hydrogens (tertiary/aromatic N) is 3. The number of hydrogen-bond donors (Lipinski definition) is 2. The summed E-state index contributed by atoms with van der Waals surface area (Å²) in [7, 11) is 1.96. The molecule has 3 heterocycles. The van der Waals surface area contributed by atoms with Crippen molar-refractivity contribution in [3.63, 3.8) is 0 Å². The molecule has 138 valence electrons. The first-order chi connectivity index (χ1) is 12.6. The number of nitrogens with one attached hydrogen (secondary N) is 2. The van der Waals surface area contributed by atoms with Crippen molar-refractivity contribution in [1.29, 1.82) is 0 Å². The molecule has 0 radical (unpaired) electrons. The Balaban J connectivity index is 1.38. The monoisotopic (exact) mass is 353 g/mol. The molecular weight excluding hydrogens is 326 g/mol. The van der Waals surface area contributed by atoms with Gasteiger partial charge in [0.2, 0.25) is 0 Å². The van der Waals surface area contributed by atoms with Crippen LogP contribution in [0.15, 0.2) is 30.5 Å². The van der Waals surface area contributed by atoms with Crippen molar-refractivity contribution in [3.05, 3.63) is 47.4 Å².